The van der Waals surface area contributed by atoms with Gasteiger partial charge in [0, 0.05) is 12.1 Å². The normalized spacial score (nSPS) is 12.7. The minimum Gasteiger partial charge on any atom is -0.392 e. The van der Waals surface area contributed by atoms with Crippen molar-refractivity contribution < 1.29 is 9.63 Å². The SMILES string of the molecule is Cc1noc(C)c1Cn1c(NC[C@H](C)O)nc2ccccc21. The van der Waals surface area contributed by atoms with Crippen molar-refractivity contribution in [2.45, 2.75) is 33.4 Å². The van der Waals surface area contributed by atoms with Crippen LogP contribution in [0.1, 0.15) is 23.9 Å². The van der Waals surface area contributed by atoms with Crippen molar-refractivity contribution in [3.63, 3.8) is 0 Å². The lowest BCUT2D eigenvalue weighted by molar-refractivity contribution is 0.208. The van der Waals surface area contributed by atoms with Gasteiger partial charge in [-0.15, -0.1) is 0 Å². The smallest absolute Gasteiger partial charge is 0.204 e. The highest BCUT2D eigenvalue weighted by Crippen LogP contribution is 2.23. The van der Waals surface area contributed by atoms with Crippen molar-refractivity contribution in [2.75, 3.05) is 11.9 Å². The Balaban J connectivity index is 2.03. The van der Waals surface area contributed by atoms with Gasteiger partial charge in [0.15, 0.2) is 0 Å². The van der Waals surface area contributed by atoms with E-state index >= 15 is 0 Å². The van der Waals surface area contributed by atoms with E-state index in [0.717, 1.165) is 34.0 Å². The molecule has 0 amide bonds. The lowest BCUT2D eigenvalue weighted by Crippen LogP contribution is -2.18. The van der Waals surface area contributed by atoms with Gasteiger partial charge in [0.25, 0.3) is 0 Å². The zero-order valence-electron chi connectivity index (χ0n) is 13.0. The first-order chi connectivity index (χ1) is 10.6. The Morgan fingerprint density at radius 2 is 2.09 bits per heavy atom. The molecule has 0 aliphatic heterocycles. The largest absolute Gasteiger partial charge is 0.392 e. The highest BCUT2D eigenvalue weighted by molar-refractivity contribution is 5.78. The highest BCUT2D eigenvalue weighted by atomic mass is 16.5. The zero-order chi connectivity index (χ0) is 15.7. The molecule has 3 rings (SSSR count). The molecule has 1 aromatic carbocycles. The molecule has 0 saturated carbocycles. The Kier molecular flexibility index (Phi) is 3.85. The molecule has 1 atom stereocenters. The van der Waals surface area contributed by atoms with Gasteiger partial charge in [0.1, 0.15) is 5.76 Å². The summed E-state index contributed by atoms with van der Waals surface area (Å²) in [5, 5.41) is 16.7. The Labute approximate surface area is 128 Å². The van der Waals surface area contributed by atoms with Crippen molar-refractivity contribution in [2.24, 2.45) is 0 Å². The summed E-state index contributed by atoms with van der Waals surface area (Å²) < 4.78 is 7.34. The summed E-state index contributed by atoms with van der Waals surface area (Å²) in [6.45, 7) is 6.67. The van der Waals surface area contributed by atoms with Gasteiger partial charge < -0.3 is 19.5 Å². The second kappa shape index (κ2) is 5.81. The number of imidazole rings is 1. The molecule has 6 heteroatoms. The van der Waals surface area contributed by atoms with Crippen LogP contribution in [-0.4, -0.2) is 32.5 Å². The first-order valence-corrected chi connectivity index (χ1v) is 7.35. The molecule has 0 fully saturated rings. The van der Waals surface area contributed by atoms with Crippen LogP contribution >= 0.6 is 0 Å². The molecule has 2 heterocycles. The monoisotopic (exact) mass is 300 g/mol. The number of benzene rings is 1. The van der Waals surface area contributed by atoms with Crippen molar-refractivity contribution in [3.8, 4) is 0 Å². The fourth-order valence-electron chi connectivity index (χ4n) is 2.50. The van der Waals surface area contributed by atoms with Gasteiger partial charge >= 0.3 is 0 Å². The van der Waals surface area contributed by atoms with Crippen LogP contribution in [0.5, 0.6) is 0 Å². The van der Waals surface area contributed by atoms with E-state index in [1.54, 1.807) is 6.92 Å². The van der Waals surface area contributed by atoms with Crippen LogP contribution in [0.3, 0.4) is 0 Å². The number of aliphatic hydroxyl groups excluding tert-OH is 1. The number of hydrogen-bond acceptors (Lipinski definition) is 5. The number of hydrogen-bond donors (Lipinski definition) is 2. The third-order valence-corrected chi connectivity index (χ3v) is 3.71. The molecule has 0 saturated heterocycles. The summed E-state index contributed by atoms with van der Waals surface area (Å²) >= 11 is 0. The van der Waals surface area contributed by atoms with E-state index in [0.29, 0.717) is 13.1 Å². The maximum absolute atomic E-state index is 9.50. The maximum atomic E-state index is 9.50. The average molecular weight is 300 g/mol. The highest BCUT2D eigenvalue weighted by Gasteiger charge is 2.15. The van der Waals surface area contributed by atoms with Crippen LogP contribution in [0, 0.1) is 13.8 Å². The predicted molar refractivity (Wildman–Crippen MR) is 85.0 cm³/mol. The third kappa shape index (κ3) is 2.69. The van der Waals surface area contributed by atoms with E-state index in [9.17, 15) is 5.11 Å². The minimum atomic E-state index is -0.438. The number of fused-ring (bicyclic) bond motifs is 1. The molecule has 0 radical (unpaired) electrons. The van der Waals surface area contributed by atoms with Crippen molar-refractivity contribution >= 4 is 17.0 Å². The second-order valence-corrected chi connectivity index (χ2v) is 5.54. The Morgan fingerprint density at radius 3 is 2.77 bits per heavy atom. The summed E-state index contributed by atoms with van der Waals surface area (Å²) in [7, 11) is 0. The van der Waals surface area contributed by atoms with Crippen LogP contribution < -0.4 is 5.32 Å². The molecule has 2 aromatic heterocycles. The second-order valence-electron chi connectivity index (χ2n) is 5.54. The topological polar surface area (TPSA) is 76.1 Å². The number of nitrogens with one attached hydrogen (secondary N) is 1. The summed E-state index contributed by atoms with van der Waals surface area (Å²) in [5.41, 5.74) is 3.90. The summed E-state index contributed by atoms with van der Waals surface area (Å²) in [6, 6.07) is 7.97. The number of aryl methyl sites for hydroxylation is 2. The number of aromatic nitrogens is 3. The molecule has 6 nitrogen and oxygen atoms in total. The molecule has 0 aliphatic carbocycles. The van der Waals surface area contributed by atoms with Crippen LogP contribution in [0.4, 0.5) is 5.95 Å². The van der Waals surface area contributed by atoms with Gasteiger partial charge in [0.05, 0.1) is 29.4 Å². The van der Waals surface area contributed by atoms with E-state index in [2.05, 4.69) is 20.0 Å². The molecular weight excluding hydrogens is 280 g/mol. The van der Waals surface area contributed by atoms with E-state index < -0.39 is 6.10 Å². The fraction of sp³-hybridized carbons (Fsp3) is 0.375. The quantitative estimate of drug-likeness (QED) is 0.757. The van der Waals surface area contributed by atoms with E-state index in [4.69, 9.17) is 4.52 Å². The van der Waals surface area contributed by atoms with Crippen LogP contribution in [0.15, 0.2) is 28.8 Å². The summed E-state index contributed by atoms with van der Waals surface area (Å²) in [6.07, 6.45) is -0.438. The molecule has 0 bridgehead atoms. The molecule has 0 aliphatic rings. The first kappa shape index (κ1) is 14.6. The van der Waals surface area contributed by atoms with Crippen molar-refractivity contribution in [1.29, 1.82) is 0 Å². The molecule has 2 N–H and O–H groups in total. The fourth-order valence-corrected chi connectivity index (χ4v) is 2.50. The predicted octanol–water partition coefficient (Wildman–Crippen LogP) is 2.48. The van der Waals surface area contributed by atoms with Gasteiger partial charge in [-0.05, 0) is 32.9 Å². The molecule has 3 aromatic rings. The molecule has 116 valence electrons. The molecular formula is C16H20N4O2. The van der Waals surface area contributed by atoms with E-state index in [1.807, 2.05) is 38.1 Å². The van der Waals surface area contributed by atoms with E-state index in [-0.39, 0.29) is 0 Å². The van der Waals surface area contributed by atoms with Gasteiger partial charge in [-0.2, -0.15) is 0 Å². The van der Waals surface area contributed by atoms with Crippen LogP contribution in [-0.2, 0) is 6.54 Å². The van der Waals surface area contributed by atoms with Gasteiger partial charge in [0.2, 0.25) is 5.95 Å². The average Bonchev–Trinajstić information content (AvgIpc) is 3.00. The lowest BCUT2D eigenvalue weighted by Gasteiger charge is -2.11. The van der Waals surface area contributed by atoms with Gasteiger partial charge in [-0.3, -0.25) is 0 Å². The number of para-hydroxylation sites is 2. The Morgan fingerprint density at radius 1 is 1.32 bits per heavy atom. The van der Waals surface area contributed by atoms with Crippen LogP contribution in [0.25, 0.3) is 11.0 Å². The van der Waals surface area contributed by atoms with Crippen molar-refractivity contribution in [1.82, 2.24) is 14.7 Å². The maximum Gasteiger partial charge on any atom is 0.204 e. The molecule has 0 unspecified atom stereocenters. The zero-order valence-corrected chi connectivity index (χ0v) is 13.0. The first-order valence-electron chi connectivity index (χ1n) is 7.35. The number of anilines is 1. The van der Waals surface area contributed by atoms with Crippen LogP contribution in [0.2, 0.25) is 0 Å². The van der Waals surface area contributed by atoms with Gasteiger partial charge in [-0.25, -0.2) is 4.98 Å². The van der Waals surface area contributed by atoms with E-state index in [1.165, 1.54) is 0 Å². The minimum absolute atomic E-state index is 0.438. The number of nitrogens with zero attached hydrogens (tertiary/aromatic N) is 3. The Hall–Kier alpha value is -2.34. The lowest BCUT2D eigenvalue weighted by atomic mass is 10.2. The summed E-state index contributed by atoms with van der Waals surface area (Å²) in [5.74, 6) is 1.55. The summed E-state index contributed by atoms with van der Waals surface area (Å²) in [4.78, 5) is 4.61. The van der Waals surface area contributed by atoms with Gasteiger partial charge in [-0.1, -0.05) is 17.3 Å². The molecule has 22 heavy (non-hydrogen) atoms. The molecule has 0 spiro atoms. The Bertz CT molecular complexity index is 769. The number of rotatable bonds is 5. The standard InChI is InChI=1S/C16H20N4O2/c1-10(21)8-17-16-18-14-6-4-5-7-15(14)20(16)9-13-11(2)19-22-12(13)3/h4-7,10,21H,8-9H2,1-3H3,(H,17,18)/t10-/m0/s1. The third-order valence-electron chi connectivity index (χ3n) is 3.71. The van der Waals surface area contributed by atoms with Crippen molar-refractivity contribution in [3.05, 3.63) is 41.3 Å². The number of aliphatic hydroxyl groups is 1.